The summed E-state index contributed by atoms with van der Waals surface area (Å²) < 4.78 is 0. The van der Waals surface area contributed by atoms with Crippen LogP contribution in [-0.4, -0.2) is 53.9 Å². The molecule has 0 aromatic heterocycles. The molecule has 3 N–H and O–H groups in total. The van der Waals surface area contributed by atoms with Crippen molar-refractivity contribution in [2.45, 2.75) is 27.9 Å². The molecule has 1 aliphatic heterocycles. The molecule has 0 saturated heterocycles. The van der Waals surface area contributed by atoms with Crippen molar-refractivity contribution >= 4 is 60.2 Å². The highest BCUT2D eigenvalue weighted by atomic mass is 35.5. The SMILES string of the molecule is [B]C1(O)CC([B])([B])C2([B])B(Cl)c3ccccc3C2(N)C1=O. The predicted molar refractivity (Wildman–Crippen MR) is 86.5 cm³/mol. The molecule has 96 valence electrons. The molecular weight excluding hydrogens is 280 g/mol. The Bertz CT molecular complexity index is 654. The molecule has 1 heterocycles. The number of carbonyl (C=O) groups is 1. The third-order valence-electron chi connectivity index (χ3n) is 4.79. The number of fused-ring (bicyclic) bond motifs is 3. The van der Waals surface area contributed by atoms with E-state index in [9.17, 15) is 9.90 Å². The largest absolute Gasteiger partial charge is 0.392 e. The fourth-order valence-corrected chi connectivity index (χ4v) is 4.24. The Morgan fingerprint density at radius 2 is 1.81 bits per heavy atom. The van der Waals surface area contributed by atoms with Gasteiger partial charge in [0.2, 0.25) is 0 Å². The van der Waals surface area contributed by atoms with Crippen molar-refractivity contribution in [1.82, 2.24) is 0 Å². The summed E-state index contributed by atoms with van der Waals surface area (Å²) in [4.78, 5) is 12.7. The Kier molecular flexibility index (Phi) is 2.94. The lowest BCUT2D eigenvalue weighted by atomic mass is 9.17. The molecule has 8 radical (unpaired) electrons. The topological polar surface area (TPSA) is 63.3 Å². The van der Waals surface area contributed by atoms with Crippen LogP contribution in [0.5, 0.6) is 0 Å². The zero-order valence-electron chi connectivity index (χ0n) is 11.2. The molecule has 2 aliphatic rings. The molecule has 3 nitrogen and oxygen atoms in total. The van der Waals surface area contributed by atoms with Gasteiger partial charge in [0.25, 0.3) is 6.13 Å². The zero-order valence-corrected chi connectivity index (χ0v) is 12.0. The maximum atomic E-state index is 12.7. The van der Waals surface area contributed by atoms with Gasteiger partial charge in [0, 0.05) is 0 Å². The van der Waals surface area contributed by atoms with Crippen LogP contribution in [0.15, 0.2) is 24.3 Å². The van der Waals surface area contributed by atoms with Gasteiger partial charge in [0.15, 0.2) is 5.78 Å². The monoisotopic (exact) mass is 289 g/mol. The van der Waals surface area contributed by atoms with Gasteiger partial charge in [-0.15, -0.1) is 5.21 Å². The van der Waals surface area contributed by atoms with Crippen molar-refractivity contribution in [1.29, 1.82) is 0 Å². The van der Waals surface area contributed by atoms with E-state index in [-0.39, 0.29) is 0 Å². The number of hydrogen-bond donors (Lipinski definition) is 2. The lowest BCUT2D eigenvalue weighted by Crippen LogP contribution is -2.70. The normalized spacial score (nSPS) is 40.7. The van der Waals surface area contributed by atoms with Crippen LogP contribution in [-0.2, 0) is 10.3 Å². The molecule has 0 bridgehead atoms. The molecule has 1 aromatic rings. The molecule has 0 amide bonds. The lowest BCUT2D eigenvalue weighted by molar-refractivity contribution is -0.141. The van der Waals surface area contributed by atoms with E-state index in [1.165, 1.54) is 0 Å². The number of nitrogens with two attached hydrogens (primary N) is 1. The van der Waals surface area contributed by atoms with Crippen LogP contribution in [0, 0.1) is 0 Å². The Balaban J connectivity index is 2.38. The molecule has 1 saturated carbocycles. The summed E-state index contributed by atoms with van der Waals surface area (Å²) in [5.41, 5.74) is 3.16. The number of Topliss-reactive ketones (excluding diaryl/α,β-unsaturated/α-hetero) is 1. The van der Waals surface area contributed by atoms with Gasteiger partial charge in [0.05, 0.1) is 34.6 Å². The van der Waals surface area contributed by atoms with Crippen molar-refractivity contribution in [3.05, 3.63) is 29.8 Å². The molecule has 3 unspecified atom stereocenters. The van der Waals surface area contributed by atoms with Crippen LogP contribution < -0.4 is 11.2 Å². The van der Waals surface area contributed by atoms with E-state index in [0.717, 1.165) is 0 Å². The molecule has 1 fully saturated rings. The maximum Gasteiger partial charge on any atom is 0.282 e. The van der Waals surface area contributed by atoms with Crippen LogP contribution in [0.1, 0.15) is 12.0 Å². The Morgan fingerprint density at radius 3 is 2.43 bits per heavy atom. The van der Waals surface area contributed by atoms with E-state index < -0.39 is 39.8 Å². The Morgan fingerprint density at radius 1 is 1.24 bits per heavy atom. The van der Waals surface area contributed by atoms with Crippen LogP contribution >= 0.6 is 11.5 Å². The van der Waals surface area contributed by atoms with Crippen LogP contribution in [0.25, 0.3) is 0 Å². The molecule has 1 aromatic carbocycles. The fraction of sp³-hybridized carbons (Fsp3) is 0.417. The number of halogens is 1. The highest BCUT2D eigenvalue weighted by Gasteiger charge is 2.72. The van der Waals surface area contributed by atoms with Gasteiger partial charge in [0.1, 0.15) is 7.85 Å². The van der Waals surface area contributed by atoms with E-state index in [4.69, 9.17) is 48.6 Å². The first-order valence-corrected chi connectivity index (χ1v) is 6.89. The second-order valence-corrected chi connectivity index (χ2v) is 6.53. The first kappa shape index (κ1) is 15.3. The number of carbonyl (C=O) groups excluding carboxylic acids is 1. The molecule has 0 spiro atoms. The lowest BCUT2D eigenvalue weighted by Gasteiger charge is -2.61. The quantitative estimate of drug-likeness (QED) is 0.568. The summed E-state index contributed by atoms with van der Waals surface area (Å²) in [6.07, 6.45) is -1.32. The van der Waals surface area contributed by atoms with Crippen molar-refractivity contribution in [3.8, 4) is 0 Å². The number of ketones is 1. The molecule has 3 atom stereocenters. The van der Waals surface area contributed by atoms with Gasteiger partial charge in [-0.25, -0.2) is 0 Å². The number of hydrogen-bond acceptors (Lipinski definition) is 3. The van der Waals surface area contributed by atoms with Crippen molar-refractivity contribution < 1.29 is 9.90 Å². The van der Waals surface area contributed by atoms with E-state index in [1.54, 1.807) is 24.3 Å². The predicted octanol–water partition coefficient (Wildman–Crippen LogP) is -1.56. The standard InChI is InChI=1S/C12H9B5ClNO2/c13-9(21)5-10(14,15)12(16)11(19,8(9)20)6-3-1-2-4-7(6)17(12)18/h1-4,21H,5,19H2. The number of rotatable bonds is 0. The summed E-state index contributed by atoms with van der Waals surface area (Å²) in [5.74, 6) is -0.834. The molecule has 3 rings (SSSR count). The van der Waals surface area contributed by atoms with E-state index in [2.05, 4.69) is 0 Å². The minimum absolute atomic E-state index is 0.390. The van der Waals surface area contributed by atoms with E-state index >= 15 is 0 Å². The molecule has 21 heavy (non-hydrogen) atoms. The van der Waals surface area contributed by atoms with Crippen LogP contribution in [0.4, 0.5) is 0 Å². The van der Waals surface area contributed by atoms with E-state index in [0.29, 0.717) is 11.0 Å². The summed E-state index contributed by atoms with van der Waals surface area (Å²) in [5, 5.41) is 6.80. The van der Waals surface area contributed by atoms with Gasteiger partial charge >= 0.3 is 0 Å². The molecule has 1 aliphatic carbocycles. The highest BCUT2D eigenvalue weighted by Crippen LogP contribution is 2.67. The minimum Gasteiger partial charge on any atom is -0.392 e. The van der Waals surface area contributed by atoms with Gasteiger partial charge < -0.3 is 10.8 Å². The van der Waals surface area contributed by atoms with Crippen molar-refractivity contribution in [2.75, 3.05) is 0 Å². The second-order valence-electron chi connectivity index (χ2n) is 6.10. The summed E-state index contributed by atoms with van der Waals surface area (Å²) in [6.45, 7) is 0. The third kappa shape index (κ3) is 1.51. The number of benzene rings is 1. The fourth-order valence-electron chi connectivity index (χ4n) is 3.67. The maximum absolute atomic E-state index is 12.7. The van der Waals surface area contributed by atoms with Gasteiger partial charge in [-0.2, -0.15) is 11.5 Å². The summed E-state index contributed by atoms with van der Waals surface area (Å²) >= 11 is 6.45. The third-order valence-corrected chi connectivity index (χ3v) is 5.37. The van der Waals surface area contributed by atoms with Gasteiger partial charge in [-0.1, -0.05) is 29.7 Å². The van der Waals surface area contributed by atoms with Crippen LogP contribution in [0.2, 0.25) is 10.4 Å². The number of aliphatic hydroxyl groups is 1. The Hall–Kier alpha value is -0.575. The average molecular weight is 289 g/mol. The minimum atomic E-state index is -2.27. The average Bonchev–Trinajstić information content (AvgIpc) is 2.58. The molecule has 9 heteroatoms. The van der Waals surface area contributed by atoms with Crippen molar-refractivity contribution in [3.63, 3.8) is 0 Å². The smallest absolute Gasteiger partial charge is 0.282 e. The molecular formula is C12H9B5ClNO2. The highest BCUT2D eigenvalue weighted by molar-refractivity contribution is 7.20. The summed E-state index contributed by atoms with van der Waals surface area (Å²) in [7, 11) is 24.2. The van der Waals surface area contributed by atoms with Gasteiger partial charge in [-0.3, -0.25) is 4.79 Å². The first-order valence-electron chi connectivity index (χ1n) is 6.45. The van der Waals surface area contributed by atoms with Crippen LogP contribution in [0.3, 0.4) is 0 Å². The van der Waals surface area contributed by atoms with Gasteiger partial charge in [-0.05, 0) is 17.2 Å². The van der Waals surface area contributed by atoms with Crippen molar-refractivity contribution in [2.24, 2.45) is 5.73 Å². The van der Waals surface area contributed by atoms with E-state index in [1.807, 2.05) is 0 Å². The Labute approximate surface area is 134 Å². The zero-order chi connectivity index (χ0) is 15.8. The second kappa shape index (κ2) is 4.04. The first-order chi connectivity index (χ1) is 9.50. The summed E-state index contributed by atoms with van der Waals surface area (Å²) in [6, 6.07) is 6.75.